The molecule has 7 nitrogen and oxygen atoms in total. The van der Waals surface area contributed by atoms with Gasteiger partial charge in [0.1, 0.15) is 17.6 Å². The first-order valence-corrected chi connectivity index (χ1v) is 9.67. The molecule has 12 heteroatoms. The molecule has 3 N–H and O–H groups in total. The summed E-state index contributed by atoms with van der Waals surface area (Å²) in [4.78, 5) is 26.0. The summed E-state index contributed by atoms with van der Waals surface area (Å²) in [5, 5.41) is 7.98. The molecule has 3 rings (SSSR count). The molecule has 0 aromatic heterocycles. The van der Waals surface area contributed by atoms with E-state index in [1.54, 1.807) is 11.1 Å². The largest absolute Gasteiger partial charge is 0.415 e. The average Bonchev–Trinajstić information content (AvgIpc) is 3.11. The van der Waals surface area contributed by atoms with Crippen LogP contribution in [0.25, 0.3) is 0 Å². The van der Waals surface area contributed by atoms with E-state index in [9.17, 15) is 31.5 Å². The molecular formula is C21H20F5N5O2. The van der Waals surface area contributed by atoms with E-state index in [2.05, 4.69) is 23.6 Å². The summed E-state index contributed by atoms with van der Waals surface area (Å²) in [6.45, 7) is 5.88. The molecule has 33 heavy (non-hydrogen) atoms. The molecule has 0 spiro atoms. The lowest BCUT2D eigenvalue weighted by Gasteiger charge is -2.38. The van der Waals surface area contributed by atoms with Gasteiger partial charge in [0.25, 0.3) is 0 Å². The summed E-state index contributed by atoms with van der Waals surface area (Å²) in [7, 11) is 0. The summed E-state index contributed by atoms with van der Waals surface area (Å²) in [5.41, 5.74) is 3.99. The van der Waals surface area contributed by atoms with Crippen LogP contribution in [0, 0.1) is 11.7 Å². The fraction of sp³-hybridized carbons (Fsp3) is 0.286. The number of hydrogen-bond donors (Lipinski definition) is 2. The second-order valence-electron chi connectivity index (χ2n) is 7.47. The average molecular weight is 469 g/mol. The molecule has 3 amide bonds. The third-order valence-corrected chi connectivity index (χ3v) is 5.24. The van der Waals surface area contributed by atoms with E-state index >= 15 is 0 Å². The Morgan fingerprint density at radius 2 is 1.94 bits per heavy atom. The molecule has 2 atom stereocenters. The zero-order valence-corrected chi connectivity index (χ0v) is 17.2. The fourth-order valence-corrected chi connectivity index (χ4v) is 3.61. The summed E-state index contributed by atoms with van der Waals surface area (Å²) >= 11 is 0. The van der Waals surface area contributed by atoms with Gasteiger partial charge < -0.3 is 16.0 Å². The van der Waals surface area contributed by atoms with Crippen molar-refractivity contribution in [1.82, 2.24) is 15.2 Å². The molecule has 1 saturated heterocycles. The molecule has 1 aromatic carbocycles. The maximum atomic E-state index is 13.7. The van der Waals surface area contributed by atoms with Crippen molar-refractivity contribution in [3.8, 4) is 0 Å². The van der Waals surface area contributed by atoms with Crippen LogP contribution in [0.1, 0.15) is 5.56 Å². The lowest BCUT2D eigenvalue weighted by molar-refractivity contribution is -0.121. The topological polar surface area (TPSA) is 91.0 Å². The number of hydrogen-bond acceptors (Lipinski definition) is 4. The van der Waals surface area contributed by atoms with E-state index in [-0.39, 0.29) is 25.3 Å². The number of urea groups is 1. The zero-order chi connectivity index (χ0) is 24.5. The first-order chi connectivity index (χ1) is 15.4. The van der Waals surface area contributed by atoms with Crippen LogP contribution >= 0.6 is 0 Å². The highest BCUT2D eigenvalue weighted by Gasteiger charge is 2.45. The molecule has 0 radical (unpaired) electrons. The monoisotopic (exact) mass is 469 g/mol. The van der Waals surface area contributed by atoms with Crippen LogP contribution in [0.3, 0.4) is 0 Å². The molecular weight excluding hydrogens is 449 g/mol. The van der Waals surface area contributed by atoms with E-state index in [4.69, 9.17) is 5.73 Å². The number of nitrogens with zero attached hydrogens (tertiary/aromatic N) is 3. The molecule has 0 saturated carbocycles. The number of piperazine rings is 1. The summed E-state index contributed by atoms with van der Waals surface area (Å²) in [6, 6.07) is 3.86. The minimum Gasteiger partial charge on any atom is -0.369 e. The molecule has 1 fully saturated rings. The Kier molecular flexibility index (Phi) is 6.56. The zero-order valence-electron chi connectivity index (χ0n) is 17.2. The predicted octanol–water partition coefficient (Wildman–Crippen LogP) is 2.83. The lowest BCUT2D eigenvalue weighted by Crippen LogP contribution is -2.57. The van der Waals surface area contributed by atoms with Crippen LogP contribution in [-0.4, -0.2) is 59.4 Å². The van der Waals surface area contributed by atoms with Gasteiger partial charge >= 0.3 is 12.2 Å². The minimum atomic E-state index is -4.82. The Labute approximate surface area is 185 Å². The standard InChI is InChI=1S/C21H20F5N5O2/c1-11(21(24,25)26)8-15(12(2)22)28-20(33)30-6-7-31-16(10-30)17(19(27)32)18(29-31)13-4-3-5-14(23)9-13/h3-5,8-9,16-17H,1-2,6-7,10H2,(H2,27,32)(H,28,33)/b15-8+. The number of rotatable bonds is 5. The first kappa shape index (κ1) is 24.0. The second-order valence-corrected chi connectivity index (χ2v) is 7.47. The molecule has 176 valence electrons. The number of hydrazone groups is 1. The summed E-state index contributed by atoms with van der Waals surface area (Å²) in [5.74, 6) is -3.54. The van der Waals surface area contributed by atoms with Gasteiger partial charge in [0, 0.05) is 18.7 Å². The fourth-order valence-electron chi connectivity index (χ4n) is 3.61. The van der Waals surface area contributed by atoms with E-state index in [1.807, 2.05) is 0 Å². The molecule has 2 heterocycles. The normalized spacial score (nSPS) is 20.8. The molecule has 2 aliphatic rings. The van der Waals surface area contributed by atoms with Gasteiger partial charge in [-0.3, -0.25) is 9.80 Å². The van der Waals surface area contributed by atoms with Gasteiger partial charge in [-0.2, -0.15) is 18.3 Å². The van der Waals surface area contributed by atoms with E-state index in [0.29, 0.717) is 11.6 Å². The van der Waals surface area contributed by atoms with Crippen LogP contribution in [0.15, 0.2) is 65.7 Å². The highest BCUT2D eigenvalue weighted by Crippen LogP contribution is 2.30. The van der Waals surface area contributed by atoms with Crippen molar-refractivity contribution < 1.29 is 31.5 Å². The molecule has 0 aliphatic carbocycles. The Morgan fingerprint density at radius 3 is 2.52 bits per heavy atom. The number of carbonyl (C=O) groups excluding carboxylic acids is 2. The number of primary amides is 1. The third-order valence-electron chi connectivity index (χ3n) is 5.24. The number of amides is 3. The third kappa shape index (κ3) is 5.21. The highest BCUT2D eigenvalue weighted by atomic mass is 19.4. The number of halogens is 5. The molecule has 0 bridgehead atoms. The predicted molar refractivity (Wildman–Crippen MR) is 110 cm³/mol. The molecule has 2 aliphatic heterocycles. The second kappa shape index (κ2) is 9.04. The number of benzene rings is 1. The Bertz CT molecular complexity index is 1070. The highest BCUT2D eigenvalue weighted by molar-refractivity contribution is 6.14. The number of fused-ring (bicyclic) bond motifs is 1. The molecule has 1 aromatic rings. The van der Waals surface area contributed by atoms with Crippen molar-refractivity contribution in [2.24, 2.45) is 16.8 Å². The van der Waals surface area contributed by atoms with Crippen molar-refractivity contribution in [1.29, 1.82) is 0 Å². The van der Waals surface area contributed by atoms with E-state index < -0.39 is 53.0 Å². The first-order valence-electron chi connectivity index (χ1n) is 9.67. The van der Waals surface area contributed by atoms with Gasteiger partial charge in [-0.25, -0.2) is 13.6 Å². The van der Waals surface area contributed by atoms with Crippen molar-refractivity contribution in [3.63, 3.8) is 0 Å². The maximum absolute atomic E-state index is 13.7. The van der Waals surface area contributed by atoms with E-state index in [1.165, 1.54) is 23.1 Å². The summed E-state index contributed by atoms with van der Waals surface area (Å²) < 4.78 is 65.5. The Hall–Kier alpha value is -3.70. The van der Waals surface area contributed by atoms with Crippen molar-refractivity contribution in [3.05, 3.63) is 72.0 Å². The quantitative estimate of drug-likeness (QED) is 0.513. The van der Waals surface area contributed by atoms with Gasteiger partial charge in [0.15, 0.2) is 0 Å². The molecule has 2 unspecified atom stereocenters. The van der Waals surface area contributed by atoms with Crippen molar-refractivity contribution >= 4 is 17.6 Å². The van der Waals surface area contributed by atoms with Gasteiger partial charge in [-0.15, -0.1) is 0 Å². The number of allylic oxidation sites excluding steroid dienone is 3. The number of alkyl halides is 3. The van der Waals surface area contributed by atoms with Crippen LogP contribution in [-0.2, 0) is 4.79 Å². The van der Waals surface area contributed by atoms with Crippen LogP contribution in [0.4, 0.5) is 26.7 Å². The van der Waals surface area contributed by atoms with Crippen LogP contribution < -0.4 is 11.1 Å². The Morgan fingerprint density at radius 1 is 1.24 bits per heavy atom. The number of nitrogens with one attached hydrogen (secondary N) is 1. The van der Waals surface area contributed by atoms with Crippen molar-refractivity contribution in [2.75, 3.05) is 19.6 Å². The van der Waals surface area contributed by atoms with Crippen LogP contribution in [0.2, 0.25) is 0 Å². The summed E-state index contributed by atoms with van der Waals surface area (Å²) in [6.07, 6.45) is -4.48. The van der Waals surface area contributed by atoms with Gasteiger partial charge in [0.2, 0.25) is 5.91 Å². The minimum absolute atomic E-state index is 0.0694. The van der Waals surface area contributed by atoms with Crippen molar-refractivity contribution in [2.45, 2.75) is 12.2 Å². The van der Waals surface area contributed by atoms with Gasteiger partial charge in [-0.1, -0.05) is 25.3 Å². The van der Waals surface area contributed by atoms with Gasteiger partial charge in [0.05, 0.1) is 29.6 Å². The van der Waals surface area contributed by atoms with E-state index in [0.717, 1.165) is 0 Å². The number of carbonyl (C=O) groups is 2. The SMILES string of the molecule is C=C(F)/C(=C\C(=C)C(F)(F)F)NC(=O)N1CCN2N=C(c3cccc(F)c3)C(C(N)=O)C2C1. The Balaban J connectivity index is 1.78. The lowest BCUT2D eigenvalue weighted by atomic mass is 9.89. The smallest absolute Gasteiger partial charge is 0.369 e. The maximum Gasteiger partial charge on any atom is 0.415 e. The van der Waals surface area contributed by atoms with Gasteiger partial charge in [-0.05, 0) is 18.2 Å². The van der Waals surface area contributed by atoms with Crippen LogP contribution in [0.5, 0.6) is 0 Å². The number of nitrogens with two attached hydrogens (primary N) is 1.